The Morgan fingerprint density at radius 1 is 0.853 bits per heavy atom. The number of carbonyl (C=O) groups is 1. The quantitative estimate of drug-likeness (QED) is 0.472. The van der Waals surface area contributed by atoms with Crippen LogP contribution in [-0.4, -0.2) is 29.0 Å². The molecule has 0 saturated heterocycles. The summed E-state index contributed by atoms with van der Waals surface area (Å²) < 4.78 is 11.3. The number of hydrogen-bond donors (Lipinski definition) is 1. The van der Waals surface area contributed by atoms with Crippen molar-refractivity contribution in [2.24, 2.45) is 0 Å². The normalized spacial score (nSPS) is 12.5. The van der Waals surface area contributed by atoms with Crippen molar-refractivity contribution in [1.82, 2.24) is 9.88 Å². The molecule has 1 aliphatic rings. The maximum Gasteiger partial charge on any atom is 0.254 e. The van der Waals surface area contributed by atoms with Crippen LogP contribution in [0.1, 0.15) is 32.6 Å². The number of pyridine rings is 1. The summed E-state index contributed by atoms with van der Waals surface area (Å²) in [6.07, 6.45) is 0. The van der Waals surface area contributed by atoms with E-state index < -0.39 is 0 Å². The Hall–Kier alpha value is -4.06. The predicted molar refractivity (Wildman–Crippen MR) is 131 cm³/mol. The van der Waals surface area contributed by atoms with Crippen molar-refractivity contribution in [2.45, 2.75) is 26.9 Å². The van der Waals surface area contributed by atoms with Crippen LogP contribution in [0.15, 0.2) is 71.5 Å². The summed E-state index contributed by atoms with van der Waals surface area (Å²) in [5.74, 6) is 1.16. The molecule has 4 aromatic rings. The fraction of sp³-hybridized carbons (Fsp3) is 0.214. The lowest BCUT2D eigenvalue weighted by atomic mass is 10.1. The van der Waals surface area contributed by atoms with E-state index >= 15 is 0 Å². The number of nitrogens with zero attached hydrogens (tertiary/aromatic N) is 1. The molecule has 5 rings (SSSR count). The van der Waals surface area contributed by atoms with Crippen LogP contribution in [-0.2, 0) is 13.1 Å². The maximum atomic E-state index is 13.5. The Labute approximate surface area is 197 Å². The highest BCUT2D eigenvalue weighted by Crippen LogP contribution is 2.33. The van der Waals surface area contributed by atoms with E-state index in [-0.39, 0.29) is 18.0 Å². The minimum Gasteiger partial charge on any atom is -0.486 e. The van der Waals surface area contributed by atoms with Gasteiger partial charge in [-0.25, -0.2) is 0 Å². The third kappa shape index (κ3) is 4.53. The van der Waals surface area contributed by atoms with E-state index in [2.05, 4.69) is 4.98 Å². The Kier molecular flexibility index (Phi) is 5.80. The van der Waals surface area contributed by atoms with E-state index in [9.17, 15) is 9.59 Å². The maximum absolute atomic E-state index is 13.5. The van der Waals surface area contributed by atoms with Crippen LogP contribution in [0.5, 0.6) is 11.5 Å². The van der Waals surface area contributed by atoms with Crippen molar-refractivity contribution in [3.05, 3.63) is 105 Å². The number of nitrogens with one attached hydrogen (secondary N) is 1. The van der Waals surface area contributed by atoms with E-state index in [0.29, 0.717) is 47.9 Å². The first-order valence-electron chi connectivity index (χ1n) is 11.3. The van der Waals surface area contributed by atoms with Crippen molar-refractivity contribution in [3.8, 4) is 11.5 Å². The van der Waals surface area contributed by atoms with Crippen LogP contribution in [0.4, 0.5) is 0 Å². The molecule has 6 heteroatoms. The molecule has 0 atom stereocenters. The number of ether oxygens (including phenoxy) is 2. The van der Waals surface area contributed by atoms with Crippen molar-refractivity contribution in [2.75, 3.05) is 13.2 Å². The molecule has 1 aliphatic heterocycles. The Balaban J connectivity index is 1.51. The lowest BCUT2D eigenvalue weighted by molar-refractivity contribution is 0.0729. The van der Waals surface area contributed by atoms with E-state index in [1.807, 2.05) is 74.5 Å². The Morgan fingerprint density at radius 2 is 1.47 bits per heavy atom. The van der Waals surface area contributed by atoms with Gasteiger partial charge in [0.2, 0.25) is 0 Å². The van der Waals surface area contributed by atoms with Gasteiger partial charge in [-0.3, -0.25) is 9.59 Å². The molecule has 172 valence electrons. The Morgan fingerprint density at radius 3 is 2.15 bits per heavy atom. The Bertz CT molecular complexity index is 1410. The number of carbonyl (C=O) groups excluding carboxylic acids is 1. The highest BCUT2D eigenvalue weighted by molar-refractivity contribution is 5.94. The highest BCUT2D eigenvalue weighted by atomic mass is 16.6. The van der Waals surface area contributed by atoms with Gasteiger partial charge < -0.3 is 19.4 Å². The van der Waals surface area contributed by atoms with Crippen LogP contribution in [0, 0.1) is 13.8 Å². The first-order chi connectivity index (χ1) is 16.5. The minimum atomic E-state index is -0.227. The third-order valence-corrected chi connectivity index (χ3v) is 6.02. The summed E-state index contributed by atoms with van der Waals surface area (Å²) in [5, 5.41) is 0.830. The molecule has 1 aromatic heterocycles. The average Bonchev–Trinajstić information content (AvgIpc) is 2.84. The molecule has 0 unspecified atom stereocenters. The first-order valence-corrected chi connectivity index (χ1v) is 11.3. The molecule has 0 spiro atoms. The van der Waals surface area contributed by atoms with Gasteiger partial charge in [0.15, 0.2) is 11.5 Å². The third-order valence-electron chi connectivity index (χ3n) is 6.02. The molecule has 1 amide bonds. The van der Waals surface area contributed by atoms with Gasteiger partial charge in [0.25, 0.3) is 11.5 Å². The summed E-state index contributed by atoms with van der Waals surface area (Å²) in [7, 11) is 0. The minimum absolute atomic E-state index is 0.123. The molecule has 1 N–H and O–H groups in total. The number of aryl methyl sites for hydroxylation is 2. The fourth-order valence-electron chi connectivity index (χ4n) is 4.10. The van der Waals surface area contributed by atoms with Crippen molar-refractivity contribution in [3.63, 3.8) is 0 Å². The second-order valence-electron chi connectivity index (χ2n) is 8.72. The second kappa shape index (κ2) is 9.06. The van der Waals surface area contributed by atoms with Crippen molar-refractivity contribution >= 4 is 16.8 Å². The topological polar surface area (TPSA) is 71.6 Å². The van der Waals surface area contributed by atoms with E-state index in [1.54, 1.807) is 11.0 Å². The summed E-state index contributed by atoms with van der Waals surface area (Å²) >= 11 is 0. The van der Waals surface area contributed by atoms with E-state index in [1.165, 1.54) is 0 Å². The lowest BCUT2D eigenvalue weighted by Gasteiger charge is -2.23. The van der Waals surface area contributed by atoms with Crippen LogP contribution in [0.2, 0.25) is 0 Å². The predicted octanol–water partition coefficient (Wildman–Crippen LogP) is 4.76. The SMILES string of the molecule is Cc1ccc(CN(Cc2cc3cc4c(cc3[nH]c2=O)OCCO4)C(=O)c2ccc(C)cc2)cc1. The van der Waals surface area contributed by atoms with Crippen molar-refractivity contribution in [1.29, 1.82) is 0 Å². The standard InChI is InChI=1S/C28H26N2O4/c1-18-3-7-20(8-4-18)16-30(28(32)21-9-5-19(2)6-10-21)17-23-13-22-14-25-26(34-12-11-33-25)15-24(22)29-27(23)31/h3-10,13-15H,11-12,16-17H2,1-2H3,(H,29,31). The molecule has 3 aromatic carbocycles. The van der Waals surface area contributed by atoms with Gasteiger partial charge in [-0.15, -0.1) is 0 Å². The number of fused-ring (bicyclic) bond motifs is 2. The van der Waals surface area contributed by atoms with Crippen LogP contribution in [0.25, 0.3) is 10.9 Å². The van der Waals surface area contributed by atoms with Gasteiger partial charge >= 0.3 is 0 Å². The van der Waals surface area contributed by atoms with E-state index in [0.717, 1.165) is 22.1 Å². The van der Waals surface area contributed by atoms with Gasteiger partial charge in [-0.1, -0.05) is 47.5 Å². The molecular weight excluding hydrogens is 428 g/mol. The smallest absolute Gasteiger partial charge is 0.254 e. The number of aromatic amines is 1. The molecule has 34 heavy (non-hydrogen) atoms. The summed E-state index contributed by atoms with van der Waals surface area (Å²) in [6.45, 7) is 5.56. The number of aromatic nitrogens is 1. The molecule has 0 bridgehead atoms. The monoisotopic (exact) mass is 454 g/mol. The van der Waals surface area contributed by atoms with Gasteiger partial charge in [-0.2, -0.15) is 0 Å². The number of benzene rings is 3. The second-order valence-corrected chi connectivity index (χ2v) is 8.72. The number of H-pyrrole nitrogens is 1. The van der Waals surface area contributed by atoms with Gasteiger partial charge in [0.05, 0.1) is 12.1 Å². The molecule has 6 nitrogen and oxygen atoms in total. The van der Waals surface area contributed by atoms with Gasteiger partial charge in [-0.05, 0) is 43.7 Å². The number of rotatable bonds is 5. The zero-order chi connectivity index (χ0) is 23.7. The zero-order valence-corrected chi connectivity index (χ0v) is 19.3. The fourth-order valence-corrected chi connectivity index (χ4v) is 4.10. The summed E-state index contributed by atoms with van der Waals surface area (Å²) in [5.41, 5.74) is 4.79. The zero-order valence-electron chi connectivity index (χ0n) is 19.3. The number of hydrogen-bond acceptors (Lipinski definition) is 4. The van der Waals surface area contributed by atoms with Gasteiger partial charge in [0, 0.05) is 29.1 Å². The van der Waals surface area contributed by atoms with Gasteiger partial charge in [0.1, 0.15) is 13.2 Å². The molecule has 0 radical (unpaired) electrons. The van der Waals surface area contributed by atoms with E-state index in [4.69, 9.17) is 9.47 Å². The average molecular weight is 455 g/mol. The molecule has 0 fully saturated rings. The van der Waals surface area contributed by atoms with Crippen LogP contribution < -0.4 is 15.0 Å². The first kappa shape index (κ1) is 21.8. The molecular formula is C28H26N2O4. The van der Waals surface area contributed by atoms with Crippen LogP contribution in [0.3, 0.4) is 0 Å². The van der Waals surface area contributed by atoms with Crippen molar-refractivity contribution < 1.29 is 14.3 Å². The number of amides is 1. The largest absolute Gasteiger partial charge is 0.486 e. The summed E-state index contributed by atoms with van der Waals surface area (Å²) in [4.78, 5) is 31.1. The lowest BCUT2D eigenvalue weighted by Crippen LogP contribution is -2.32. The summed E-state index contributed by atoms with van der Waals surface area (Å²) in [6, 6.07) is 21.1. The molecule has 0 aliphatic carbocycles. The molecule has 0 saturated carbocycles. The highest BCUT2D eigenvalue weighted by Gasteiger charge is 2.20. The van der Waals surface area contributed by atoms with Crippen LogP contribution >= 0.6 is 0 Å². The molecule has 2 heterocycles.